The molecular weight excluding hydrogens is 439 g/mol. The summed E-state index contributed by atoms with van der Waals surface area (Å²) in [6.45, 7) is 0.608. The summed E-state index contributed by atoms with van der Waals surface area (Å²) in [4.78, 5) is 17.1. The van der Waals surface area contributed by atoms with Crippen LogP contribution in [0.1, 0.15) is 40.1 Å². The van der Waals surface area contributed by atoms with Gasteiger partial charge in [-0.3, -0.25) is 4.79 Å². The van der Waals surface area contributed by atoms with E-state index in [0.29, 0.717) is 17.9 Å². The molecule has 1 amide bonds. The average Bonchev–Trinajstić information content (AvgIpc) is 3.17. The number of aromatic nitrogens is 3. The van der Waals surface area contributed by atoms with E-state index in [-0.39, 0.29) is 36.5 Å². The van der Waals surface area contributed by atoms with Crippen molar-refractivity contribution in [2.24, 2.45) is 0 Å². The molecule has 3 atom stereocenters. The van der Waals surface area contributed by atoms with E-state index < -0.39 is 41.7 Å². The lowest BCUT2D eigenvalue weighted by Crippen LogP contribution is -2.46. The van der Waals surface area contributed by atoms with Crippen molar-refractivity contribution >= 4 is 11.6 Å². The zero-order valence-electron chi connectivity index (χ0n) is 17.3. The number of aryl methyl sites for hydroxylation is 1. The number of hydrogen-bond acceptors (Lipinski definition) is 6. The standard InChI is InChI=1S/C22H20F3N5O3/c23-12-9-11-5-6-16(21(31)27-17(11)15(25)10-12)26-22(32)19-28-20-18(33-8-7-30(20)29-19)13-3-1-2-4-14(13)24/h1-4,9-10,16,18,21,27,31H,5-8H2,(H,26,32)/t16-,18-,21?/m0/s1. The highest BCUT2D eigenvalue weighted by Crippen LogP contribution is 2.30. The highest BCUT2D eigenvalue weighted by atomic mass is 19.1. The van der Waals surface area contributed by atoms with Crippen LogP contribution in [-0.2, 0) is 17.7 Å². The van der Waals surface area contributed by atoms with Crippen LogP contribution in [0.3, 0.4) is 0 Å². The Labute approximate surface area is 186 Å². The summed E-state index contributed by atoms with van der Waals surface area (Å²) in [5.41, 5.74) is 0.651. The molecule has 1 aromatic heterocycles. The minimum absolute atomic E-state index is 0.00103. The maximum atomic E-state index is 14.3. The average molecular weight is 459 g/mol. The van der Waals surface area contributed by atoms with Gasteiger partial charge in [-0.2, -0.15) is 0 Å². The first kappa shape index (κ1) is 21.4. The van der Waals surface area contributed by atoms with Crippen molar-refractivity contribution in [1.82, 2.24) is 20.1 Å². The third kappa shape index (κ3) is 4.05. The Hall–Kier alpha value is -3.44. The minimum atomic E-state index is -1.32. The molecule has 3 N–H and O–H groups in total. The summed E-state index contributed by atoms with van der Waals surface area (Å²) in [6, 6.07) is 7.24. The molecule has 3 heterocycles. The van der Waals surface area contributed by atoms with Crippen molar-refractivity contribution < 1.29 is 27.8 Å². The second-order valence-corrected chi connectivity index (χ2v) is 7.92. The van der Waals surface area contributed by atoms with E-state index in [9.17, 15) is 23.1 Å². The van der Waals surface area contributed by atoms with E-state index in [1.54, 1.807) is 18.2 Å². The fourth-order valence-electron chi connectivity index (χ4n) is 4.14. The lowest BCUT2D eigenvalue weighted by Gasteiger charge is -2.23. The van der Waals surface area contributed by atoms with Crippen LogP contribution in [0, 0.1) is 17.5 Å². The molecule has 5 rings (SSSR count). The van der Waals surface area contributed by atoms with Crippen molar-refractivity contribution in [2.75, 3.05) is 11.9 Å². The molecule has 0 aliphatic carbocycles. The highest BCUT2D eigenvalue weighted by molar-refractivity contribution is 5.90. The van der Waals surface area contributed by atoms with Crippen LogP contribution in [0.5, 0.6) is 0 Å². The molecule has 0 bridgehead atoms. The number of ether oxygens (including phenoxy) is 1. The second kappa shape index (κ2) is 8.49. The number of halogens is 3. The van der Waals surface area contributed by atoms with Gasteiger partial charge in [0.1, 0.15) is 29.8 Å². The zero-order valence-corrected chi connectivity index (χ0v) is 17.3. The maximum absolute atomic E-state index is 14.3. The number of hydrogen-bond donors (Lipinski definition) is 3. The SMILES string of the molecule is O=C(N[C@H]1CCc2cc(F)cc(F)c2NC1O)c1nc2n(n1)CCO[C@H]2c1ccccc1F. The Bertz CT molecular complexity index is 1220. The Morgan fingerprint density at radius 1 is 1.21 bits per heavy atom. The molecule has 0 spiro atoms. The third-order valence-electron chi connectivity index (χ3n) is 5.76. The number of carbonyl (C=O) groups is 1. The summed E-state index contributed by atoms with van der Waals surface area (Å²) in [6.07, 6.45) is -1.67. The molecule has 11 heteroatoms. The fourth-order valence-corrected chi connectivity index (χ4v) is 4.14. The van der Waals surface area contributed by atoms with Gasteiger partial charge in [-0.1, -0.05) is 18.2 Å². The Kier molecular flexibility index (Phi) is 5.51. The zero-order chi connectivity index (χ0) is 23.1. The monoisotopic (exact) mass is 459 g/mol. The molecule has 8 nitrogen and oxygen atoms in total. The normalized spacial score (nSPS) is 22.0. The van der Waals surface area contributed by atoms with Gasteiger partial charge in [-0.05, 0) is 30.5 Å². The molecule has 172 valence electrons. The molecular formula is C22H20F3N5O3. The molecule has 33 heavy (non-hydrogen) atoms. The number of rotatable bonds is 3. The smallest absolute Gasteiger partial charge is 0.291 e. The maximum Gasteiger partial charge on any atom is 0.291 e. The van der Waals surface area contributed by atoms with Gasteiger partial charge < -0.3 is 20.5 Å². The van der Waals surface area contributed by atoms with E-state index in [1.807, 2.05) is 0 Å². The number of aliphatic hydroxyl groups is 1. The lowest BCUT2D eigenvalue weighted by molar-refractivity contribution is 0.0369. The summed E-state index contributed by atoms with van der Waals surface area (Å²) in [5, 5.41) is 19.9. The number of anilines is 1. The van der Waals surface area contributed by atoms with Crippen molar-refractivity contribution in [2.45, 2.75) is 37.8 Å². The second-order valence-electron chi connectivity index (χ2n) is 7.92. The molecule has 2 aliphatic rings. The first-order valence-electron chi connectivity index (χ1n) is 10.4. The van der Waals surface area contributed by atoms with E-state index in [1.165, 1.54) is 16.8 Å². The van der Waals surface area contributed by atoms with Crippen LogP contribution in [0.4, 0.5) is 18.9 Å². The number of aliphatic hydroxyl groups excluding tert-OH is 1. The minimum Gasteiger partial charge on any atom is -0.372 e. The van der Waals surface area contributed by atoms with Crippen LogP contribution in [-0.4, -0.2) is 44.7 Å². The van der Waals surface area contributed by atoms with Crippen LogP contribution in [0.2, 0.25) is 0 Å². The molecule has 3 aromatic rings. The molecule has 2 aromatic carbocycles. The molecule has 0 saturated carbocycles. The highest BCUT2D eigenvalue weighted by Gasteiger charge is 2.32. The van der Waals surface area contributed by atoms with Gasteiger partial charge >= 0.3 is 0 Å². The number of carbonyl (C=O) groups excluding carboxylic acids is 1. The number of fused-ring (bicyclic) bond motifs is 2. The first-order chi connectivity index (χ1) is 15.9. The van der Waals surface area contributed by atoms with Gasteiger partial charge in [0.15, 0.2) is 5.82 Å². The summed E-state index contributed by atoms with van der Waals surface area (Å²) in [7, 11) is 0. The summed E-state index contributed by atoms with van der Waals surface area (Å²) < 4.78 is 49.1. The molecule has 2 aliphatic heterocycles. The quantitative estimate of drug-likeness (QED) is 0.556. The van der Waals surface area contributed by atoms with E-state index in [0.717, 1.165) is 6.07 Å². The van der Waals surface area contributed by atoms with Crippen molar-refractivity contribution in [3.05, 3.63) is 76.6 Å². The third-order valence-corrected chi connectivity index (χ3v) is 5.76. The molecule has 0 fully saturated rings. The summed E-state index contributed by atoms with van der Waals surface area (Å²) >= 11 is 0. The molecule has 1 unspecified atom stereocenters. The largest absolute Gasteiger partial charge is 0.372 e. The van der Waals surface area contributed by atoms with E-state index in [4.69, 9.17) is 4.74 Å². The van der Waals surface area contributed by atoms with E-state index >= 15 is 0 Å². The van der Waals surface area contributed by atoms with Gasteiger partial charge in [0.2, 0.25) is 5.82 Å². The summed E-state index contributed by atoms with van der Waals surface area (Å²) in [5.74, 6) is -2.53. The molecule has 0 radical (unpaired) electrons. The first-order valence-corrected chi connectivity index (χ1v) is 10.4. The van der Waals surface area contributed by atoms with Crippen molar-refractivity contribution in [1.29, 1.82) is 0 Å². The lowest BCUT2D eigenvalue weighted by atomic mass is 10.1. The Morgan fingerprint density at radius 3 is 2.85 bits per heavy atom. The Balaban J connectivity index is 1.35. The number of amides is 1. The van der Waals surface area contributed by atoms with Crippen LogP contribution >= 0.6 is 0 Å². The van der Waals surface area contributed by atoms with Gasteiger partial charge in [-0.25, -0.2) is 22.8 Å². The van der Waals surface area contributed by atoms with Gasteiger partial charge in [0.05, 0.1) is 24.9 Å². The number of nitrogens with one attached hydrogen (secondary N) is 2. The number of benzene rings is 2. The molecule has 0 saturated heterocycles. The van der Waals surface area contributed by atoms with Gasteiger partial charge in [0, 0.05) is 11.6 Å². The predicted octanol–water partition coefficient (Wildman–Crippen LogP) is 2.29. The van der Waals surface area contributed by atoms with Crippen LogP contribution in [0.25, 0.3) is 0 Å². The topological polar surface area (TPSA) is 101 Å². The van der Waals surface area contributed by atoms with Gasteiger partial charge in [-0.15, -0.1) is 5.10 Å². The number of nitrogens with zero attached hydrogens (tertiary/aromatic N) is 3. The van der Waals surface area contributed by atoms with Gasteiger partial charge in [0.25, 0.3) is 5.91 Å². The predicted molar refractivity (Wildman–Crippen MR) is 110 cm³/mol. The fraction of sp³-hybridized carbons (Fsp3) is 0.318. The van der Waals surface area contributed by atoms with Crippen LogP contribution in [0.15, 0.2) is 36.4 Å². The van der Waals surface area contributed by atoms with E-state index in [2.05, 4.69) is 20.7 Å². The Morgan fingerprint density at radius 2 is 2.03 bits per heavy atom. The van der Waals surface area contributed by atoms with Crippen LogP contribution < -0.4 is 10.6 Å². The van der Waals surface area contributed by atoms with Crippen molar-refractivity contribution in [3.63, 3.8) is 0 Å². The van der Waals surface area contributed by atoms with Crippen molar-refractivity contribution in [3.8, 4) is 0 Å².